The van der Waals surface area contributed by atoms with Gasteiger partial charge in [0.1, 0.15) is 6.72 Å². The molecule has 0 amide bonds. The quantitative estimate of drug-likeness (QED) is 0.593. The van der Waals surface area contributed by atoms with Gasteiger partial charge in [-0.2, -0.15) is 4.58 Å². The Balaban J connectivity index is 2.68. The van der Waals surface area contributed by atoms with E-state index in [4.69, 9.17) is 0 Å². The van der Waals surface area contributed by atoms with Crippen LogP contribution in [0.2, 0.25) is 0 Å². The van der Waals surface area contributed by atoms with Crippen molar-refractivity contribution in [2.45, 2.75) is 45.6 Å². The van der Waals surface area contributed by atoms with E-state index in [1.807, 2.05) is 11.8 Å². The average Bonchev–Trinajstić information content (AvgIpc) is 2.68. The minimum absolute atomic E-state index is 0.0812. The smallest absolute Gasteiger partial charge is 0.195 e. The molecule has 1 nitrogen and oxygen atoms in total. The van der Waals surface area contributed by atoms with Crippen LogP contribution < -0.4 is 0 Å². The molecule has 0 aromatic rings. The Hall–Kier alpha value is -1.54. The number of nitrogens with zero attached hydrogens (tertiary/aromatic N) is 1. The van der Waals surface area contributed by atoms with Gasteiger partial charge in [-0.25, -0.2) is 0 Å². The number of thioether (sulfide) groups is 1. The maximum Gasteiger partial charge on any atom is 0.219 e. The van der Waals surface area contributed by atoms with Crippen molar-refractivity contribution in [2.75, 3.05) is 5.75 Å². The summed E-state index contributed by atoms with van der Waals surface area (Å²) in [6.07, 6.45) is 18.1. The zero-order valence-corrected chi connectivity index (χ0v) is 15.5. The first-order chi connectivity index (χ1) is 11.1. The van der Waals surface area contributed by atoms with E-state index in [0.717, 1.165) is 25.0 Å². The first-order valence-corrected chi connectivity index (χ1v) is 9.42. The summed E-state index contributed by atoms with van der Waals surface area (Å²) in [7, 11) is 0. The van der Waals surface area contributed by atoms with Crippen molar-refractivity contribution >= 4 is 18.5 Å². The average molecular weight is 327 g/mol. The summed E-state index contributed by atoms with van der Waals surface area (Å²) < 4.78 is 2.21. The topological polar surface area (TPSA) is 3.01 Å². The summed E-state index contributed by atoms with van der Waals surface area (Å²) in [6.45, 7) is 15.5. The van der Waals surface area contributed by atoms with Crippen molar-refractivity contribution in [2.24, 2.45) is 0 Å². The van der Waals surface area contributed by atoms with Crippen molar-refractivity contribution in [1.29, 1.82) is 0 Å². The normalized spacial score (nSPS) is 23.2. The van der Waals surface area contributed by atoms with Crippen LogP contribution in [0.15, 0.2) is 70.9 Å². The second kappa shape index (κ2) is 7.83. The molecule has 2 heterocycles. The van der Waals surface area contributed by atoms with Crippen molar-refractivity contribution in [1.82, 2.24) is 0 Å². The predicted molar refractivity (Wildman–Crippen MR) is 105 cm³/mol. The van der Waals surface area contributed by atoms with Gasteiger partial charge in [0.15, 0.2) is 5.54 Å². The number of hydrogen-bond donors (Lipinski definition) is 0. The number of rotatable bonds is 3. The lowest BCUT2D eigenvalue weighted by Crippen LogP contribution is -2.45. The minimum Gasteiger partial charge on any atom is -0.195 e. The molecule has 2 aliphatic heterocycles. The highest BCUT2D eigenvalue weighted by Crippen LogP contribution is 2.47. The Morgan fingerprint density at radius 2 is 1.96 bits per heavy atom. The zero-order valence-electron chi connectivity index (χ0n) is 14.6. The van der Waals surface area contributed by atoms with Gasteiger partial charge in [-0.3, -0.25) is 0 Å². The van der Waals surface area contributed by atoms with E-state index in [9.17, 15) is 0 Å². The third kappa shape index (κ3) is 3.23. The van der Waals surface area contributed by atoms with E-state index in [2.05, 4.69) is 81.2 Å². The van der Waals surface area contributed by atoms with Crippen LogP contribution in [0.25, 0.3) is 0 Å². The van der Waals surface area contributed by atoms with Gasteiger partial charge in [0, 0.05) is 30.2 Å². The molecule has 2 heteroatoms. The predicted octanol–water partition coefficient (Wildman–Crippen LogP) is 5.79. The molecule has 0 aliphatic carbocycles. The molecule has 0 N–H and O–H groups in total. The molecule has 0 radical (unpaired) electrons. The second-order valence-electron chi connectivity index (χ2n) is 5.90. The number of hydrogen-bond acceptors (Lipinski definition) is 1. The fraction of sp³-hybridized carbons (Fsp3) is 0.381. The second-order valence-corrected chi connectivity index (χ2v) is 6.93. The van der Waals surface area contributed by atoms with Crippen LogP contribution in [0.3, 0.4) is 0 Å². The minimum atomic E-state index is -0.0812. The van der Waals surface area contributed by atoms with Crippen LogP contribution in [0.5, 0.6) is 0 Å². The molecule has 0 bridgehead atoms. The number of allylic oxidation sites excluding steroid dienone is 6. The molecule has 0 saturated heterocycles. The molecule has 0 aromatic heterocycles. The summed E-state index contributed by atoms with van der Waals surface area (Å²) in [5.41, 5.74) is 3.77. The Bertz CT molecular complexity index is 637. The molecule has 0 fully saturated rings. The van der Waals surface area contributed by atoms with Gasteiger partial charge in [0.05, 0.1) is 4.91 Å². The van der Waals surface area contributed by atoms with E-state index in [0.29, 0.717) is 0 Å². The molecule has 122 valence electrons. The molecule has 23 heavy (non-hydrogen) atoms. The maximum absolute atomic E-state index is 4.51. The highest BCUT2D eigenvalue weighted by molar-refractivity contribution is 8.03. The van der Waals surface area contributed by atoms with Crippen molar-refractivity contribution in [3.8, 4) is 0 Å². The van der Waals surface area contributed by atoms with Crippen LogP contribution >= 0.6 is 11.8 Å². The molecule has 0 saturated carbocycles. The summed E-state index contributed by atoms with van der Waals surface area (Å²) >= 11 is 1.89. The lowest BCUT2D eigenvalue weighted by atomic mass is 9.76. The summed E-state index contributed by atoms with van der Waals surface area (Å²) in [5, 5.41) is 0. The van der Waals surface area contributed by atoms with Crippen LogP contribution in [-0.2, 0) is 0 Å². The van der Waals surface area contributed by atoms with E-state index < -0.39 is 0 Å². The van der Waals surface area contributed by atoms with Crippen molar-refractivity contribution in [3.05, 3.63) is 70.9 Å². The molecule has 0 unspecified atom stereocenters. The fourth-order valence-electron chi connectivity index (χ4n) is 3.41. The Morgan fingerprint density at radius 1 is 1.26 bits per heavy atom. The van der Waals surface area contributed by atoms with E-state index >= 15 is 0 Å². The third-order valence-electron chi connectivity index (χ3n) is 4.89. The first kappa shape index (κ1) is 17.8. The molecular formula is C21H28NS+. The van der Waals surface area contributed by atoms with Gasteiger partial charge in [0.2, 0.25) is 5.70 Å². The molecule has 0 aromatic carbocycles. The zero-order chi connectivity index (χ0) is 16.9. The van der Waals surface area contributed by atoms with Gasteiger partial charge in [-0.05, 0) is 18.9 Å². The molecule has 2 rings (SSSR count). The third-order valence-corrected chi connectivity index (χ3v) is 5.99. The van der Waals surface area contributed by atoms with E-state index in [1.54, 1.807) is 0 Å². The van der Waals surface area contributed by atoms with Crippen LogP contribution in [0.1, 0.15) is 40.0 Å². The Labute approximate surface area is 145 Å². The summed E-state index contributed by atoms with van der Waals surface area (Å²) in [6, 6.07) is 0. The van der Waals surface area contributed by atoms with Crippen molar-refractivity contribution in [3.63, 3.8) is 0 Å². The van der Waals surface area contributed by atoms with Gasteiger partial charge in [0.25, 0.3) is 0 Å². The highest BCUT2D eigenvalue weighted by atomic mass is 32.2. The van der Waals surface area contributed by atoms with Gasteiger partial charge in [-0.1, -0.05) is 56.9 Å². The maximum atomic E-state index is 4.51. The van der Waals surface area contributed by atoms with Gasteiger partial charge < -0.3 is 0 Å². The molecule has 0 atom stereocenters. The lowest BCUT2D eigenvalue weighted by molar-refractivity contribution is -0.546. The van der Waals surface area contributed by atoms with Crippen molar-refractivity contribution < 1.29 is 4.58 Å². The molecule has 0 spiro atoms. The Morgan fingerprint density at radius 3 is 2.61 bits per heavy atom. The SMILES string of the molecule is C=C1C2=C(SCC=CC=CC2)C(=CC=CC)[N+](=C)C1(CC)CC. The largest absolute Gasteiger partial charge is 0.219 e. The fourth-order valence-corrected chi connectivity index (χ4v) is 4.49. The van der Waals surface area contributed by atoms with Gasteiger partial charge in [-0.15, -0.1) is 11.8 Å². The first-order valence-electron chi connectivity index (χ1n) is 8.43. The van der Waals surface area contributed by atoms with Crippen LogP contribution in [0.4, 0.5) is 0 Å². The van der Waals surface area contributed by atoms with Crippen LogP contribution in [0, 0.1) is 0 Å². The summed E-state index contributed by atoms with van der Waals surface area (Å²) in [4.78, 5) is 1.33. The Kier molecular flexibility index (Phi) is 6.06. The summed E-state index contributed by atoms with van der Waals surface area (Å²) in [5.74, 6) is 0.975. The van der Waals surface area contributed by atoms with Crippen LogP contribution in [-0.4, -0.2) is 22.6 Å². The monoisotopic (exact) mass is 326 g/mol. The highest BCUT2D eigenvalue weighted by Gasteiger charge is 2.48. The molecular weight excluding hydrogens is 298 g/mol. The molecule has 2 aliphatic rings. The van der Waals surface area contributed by atoms with Gasteiger partial charge >= 0.3 is 0 Å². The lowest BCUT2D eigenvalue weighted by Gasteiger charge is -2.37. The van der Waals surface area contributed by atoms with E-state index in [1.165, 1.54) is 21.7 Å². The standard InChI is InChI=1S/C21H28NS/c1-6-9-15-19-20-18(14-12-10-11-13-16-23-20)17(4)21(7-2,8-3)22(19)5/h6,9-13,15H,4-5,7-8,14,16H2,1-3H3/q+1. The van der Waals surface area contributed by atoms with E-state index in [-0.39, 0.29) is 5.54 Å².